The number of nitrogens with one attached hydrogen (secondary N) is 4. The second kappa shape index (κ2) is 11.8. The minimum atomic E-state index is -0.969. The quantitative estimate of drug-likeness (QED) is 0.214. The third-order valence-electron chi connectivity index (χ3n) is 4.06. The van der Waals surface area contributed by atoms with E-state index in [-0.39, 0.29) is 12.3 Å². The Morgan fingerprint density at radius 1 is 0.882 bits per heavy atom. The average molecular weight is 547 g/mol. The number of carbonyl (C=O) groups is 4. The molecule has 0 aliphatic rings. The highest BCUT2D eigenvalue weighted by molar-refractivity contribution is 9.10. The zero-order valence-corrected chi connectivity index (χ0v) is 19.6. The number of nitrogens with zero attached hydrogens (tertiary/aromatic N) is 1. The Balaban J connectivity index is 1.43. The van der Waals surface area contributed by atoms with Crippen LogP contribution >= 0.6 is 27.5 Å². The fourth-order valence-electron chi connectivity index (χ4n) is 2.49. The molecule has 0 unspecified atom stereocenters. The second-order valence-corrected chi connectivity index (χ2v) is 7.96. The molecule has 2 aromatic carbocycles. The van der Waals surface area contributed by atoms with E-state index in [2.05, 4.69) is 42.4 Å². The van der Waals surface area contributed by atoms with E-state index in [4.69, 9.17) is 16.0 Å². The van der Waals surface area contributed by atoms with Crippen LogP contribution in [0.25, 0.3) is 0 Å². The van der Waals surface area contributed by atoms with Gasteiger partial charge in [0.25, 0.3) is 0 Å². The molecule has 0 radical (unpaired) electrons. The number of carbonyl (C=O) groups excluding carboxylic acids is 4. The zero-order chi connectivity index (χ0) is 24.5. The first-order valence-electron chi connectivity index (χ1n) is 9.63. The second-order valence-electron chi connectivity index (χ2n) is 6.61. The molecule has 1 aromatic heterocycles. The van der Waals surface area contributed by atoms with Crippen LogP contribution < -0.4 is 21.4 Å². The molecule has 4 amide bonds. The fraction of sp³-hybridized carbons (Fsp3) is 0.0455. The summed E-state index contributed by atoms with van der Waals surface area (Å²) in [4.78, 5) is 47.6. The van der Waals surface area contributed by atoms with E-state index in [0.717, 1.165) is 4.47 Å². The van der Waals surface area contributed by atoms with E-state index in [0.29, 0.717) is 22.2 Å². The topological polar surface area (TPSA) is 142 Å². The van der Waals surface area contributed by atoms with Gasteiger partial charge in [-0.25, -0.2) is 5.43 Å². The summed E-state index contributed by atoms with van der Waals surface area (Å²) < 4.78 is 6.26. The molecule has 0 saturated heterocycles. The van der Waals surface area contributed by atoms with Crippen molar-refractivity contribution in [2.75, 3.05) is 10.6 Å². The molecular weight excluding hydrogens is 530 g/mol. The fourth-order valence-corrected chi connectivity index (χ4v) is 2.94. The van der Waals surface area contributed by atoms with Crippen LogP contribution in [0.2, 0.25) is 5.02 Å². The van der Waals surface area contributed by atoms with Gasteiger partial charge in [0, 0.05) is 20.9 Å². The lowest BCUT2D eigenvalue weighted by molar-refractivity contribution is -0.136. The zero-order valence-electron chi connectivity index (χ0n) is 17.3. The van der Waals surface area contributed by atoms with Crippen LogP contribution in [0.3, 0.4) is 0 Å². The van der Waals surface area contributed by atoms with Gasteiger partial charge in [-0.1, -0.05) is 33.6 Å². The van der Waals surface area contributed by atoms with Crippen LogP contribution in [-0.2, 0) is 25.7 Å². The summed E-state index contributed by atoms with van der Waals surface area (Å²) in [5.41, 5.74) is 2.92. The highest BCUT2D eigenvalue weighted by atomic mass is 79.9. The molecule has 0 atom stereocenters. The first kappa shape index (κ1) is 24.7. The first-order chi connectivity index (χ1) is 16.3. The Labute approximate surface area is 206 Å². The smallest absolute Gasteiger partial charge is 0.329 e. The van der Waals surface area contributed by atoms with Crippen LogP contribution in [0.1, 0.15) is 11.5 Å². The summed E-state index contributed by atoms with van der Waals surface area (Å²) in [7, 11) is 0. The van der Waals surface area contributed by atoms with Crippen molar-refractivity contribution in [3.8, 4) is 0 Å². The molecule has 0 aliphatic heterocycles. The van der Waals surface area contributed by atoms with Gasteiger partial charge in [-0.2, -0.15) is 5.10 Å². The molecule has 4 N–H and O–H groups in total. The maximum absolute atomic E-state index is 12.0. The minimum Gasteiger partial charge on any atom is -0.458 e. The number of rotatable bonds is 6. The van der Waals surface area contributed by atoms with Crippen molar-refractivity contribution in [2.45, 2.75) is 6.54 Å². The van der Waals surface area contributed by atoms with Crippen LogP contribution in [-0.4, -0.2) is 29.8 Å². The molecule has 1 heterocycles. The average Bonchev–Trinajstić information content (AvgIpc) is 3.26. The molecule has 34 heavy (non-hydrogen) atoms. The maximum atomic E-state index is 12.0. The number of furan rings is 1. The molecule has 3 aromatic rings. The van der Waals surface area contributed by atoms with Crippen molar-refractivity contribution in [2.24, 2.45) is 5.10 Å². The van der Waals surface area contributed by atoms with Crippen molar-refractivity contribution in [1.82, 2.24) is 10.7 Å². The van der Waals surface area contributed by atoms with E-state index in [1.54, 1.807) is 48.5 Å². The minimum absolute atomic E-state index is 0.0579. The van der Waals surface area contributed by atoms with Gasteiger partial charge in [0.2, 0.25) is 0 Å². The molecule has 174 valence electrons. The standard InChI is InChI=1S/C22H17BrClN5O5/c23-13-4-6-15(7-5-13)27-21(32)22(33)29-26-12-18-9-8-17(34-18)11-25-19(30)20(31)28-16-3-1-2-14(24)10-16/h1-10,12H,11H2,(H,25,30)(H,27,32)(H,28,31)(H,29,33)/b26-12+. The number of hydrogen-bond donors (Lipinski definition) is 4. The third kappa shape index (κ3) is 7.57. The highest BCUT2D eigenvalue weighted by Gasteiger charge is 2.15. The van der Waals surface area contributed by atoms with Gasteiger partial charge in [0.05, 0.1) is 12.8 Å². The van der Waals surface area contributed by atoms with Gasteiger partial charge in [0.15, 0.2) is 0 Å². The summed E-state index contributed by atoms with van der Waals surface area (Å²) in [6, 6.07) is 16.2. The van der Waals surface area contributed by atoms with Crippen LogP contribution in [0, 0.1) is 0 Å². The number of halogens is 2. The van der Waals surface area contributed by atoms with E-state index in [9.17, 15) is 19.2 Å². The summed E-state index contributed by atoms with van der Waals surface area (Å²) >= 11 is 9.11. The van der Waals surface area contributed by atoms with Gasteiger partial charge < -0.3 is 20.4 Å². The van der Waals surface area contributed by atoms with Gasteiger partial charge in [-0.3, -0.25) is 19.2 Å². The predicted molar refractivity (Wildman–Crippen MR) is 129 cm³/mol. The Bertz CT molecular complexity index is 1240. The lowest BCUT2D eigenvalue weighted by Gasteiger charge is -2.05. The molecule has 0 spiro atoms. The van der Waals surface area contributed by atoms with Gasteiger partial charge in [-0.15, -0.1) is 0 Å². The first-order valence-corrected chi connectivity index (χ1v) is 10.8. The molecule has 0 fully saturated rings. The Morgan fingerprint density at radius 2 is 1.59 bits per heavy atom. The van der Waals surface area contributed by atoms with E-state index >= 15 is 0 Å². The van der Waals surface area contributed by atoms with E-state index in [1.807, 2.05) is 0 Å². The Hall–Kier alpha value is -3.96. The SMILES string of the molecule is O=C(NCc1ccc(/C=N/NC(=O)C(=O)Nc2ccc(Br)cc2)o1)C(=O)Nc1cccc(Cl)c1. The van der Waals surface area contributed by atoms with Gasteiger partial charge in [-0.05, 0) is 54.6 Å². The number of hydrogen-bond acceptors (Lipinski definition) is 6. The number of amides is 4. The van der Waals surface area contributed by atoms with Crippen LogP contribution in [0.4, 0.5) is 11.4 Å². The summed E-state index contributed by atoms with van der Waals surface area (Å²) in [5.74, 6) is -3.00. The maximum Gasteiger partial charge on any atom is 0.329 e. The van der Waals surface area contributed by atoms with Crippen LogP contribution in [0.15, 0.2) is 74.7 Å². The normalized spacial score (nSPS) is 10.5. The Morgan fingerprint density at radius 3 is 2.32 bits per heavy atom. The molecule has 0 aliphatic carbocycles. The predicted octanol–water partition coefficient (Wildman–Crippen LogP) is 3.04. The lowest BCUT2D eigenvalue weighted by Crippen LogP contribution is -2.34. The number of benzene rings is 2. The van der Waals surface area contributed by atoms with Crippen LogP contribution in [0.5, 0.6) is 0 Å². The lowest BCUT2D eigenvalue weighted by atomic mass is 10.3. The molecular formula is C22H17BrClN5O5. The third-order valence-corrected chi connectivity index (χ3v) is 4.82. The van der Waals surface area contributed by atoms with Crippen molar-refractivity contribution < 1.29 is 23.6 Å². The van der Waals surface area contributed by atoms with E-state index < -0.39 is 23.6 Å². The van der Waals surface area contributed by atoms with Crippen molar-refractivity contribution >= 4 is 68.7 Å². The largest absolute Gasteiger partial charge is 0.458 e. The van der Waals surface area contributed by atoms with Crippen molar-refractivity contribution in [3.05, 3.63) is 81.7 Å². The summed E-state index contributed by atoms with van der Waals surface area (Å²) in [5, 5.41) is 11.4. The Kier molecular flexibility index (Phi) is 8.54. The molecule has 0 bridgehead atoms. The monoisotopic (exact) mass is 545 g/mol. The van der Waals surface area contributed by atoms with E-state index in [1.165, 1.54) is 18.3 Å². The molecule has 0 saturated carbocycles. The molecule has 10 nitrogen and oxygen atoms in total. The van der Waals surface area contributed by atoms with Gasteiger partial charge >= 0.3 is 23.6 Å². The van der Waals surface area contributed by atoms with Gasteiger partial charge in [0.1, 0.15) is 11.5 Å². The highest BCUT2D eigenvalue weighted by Crippen LogP contribution is 2.15. The summed E-state index contributed by atoms with van der Waals surface area (Å²) in [6.45, 7) is -0.0579. The summed E-state index contributed by atoms with van der Waals surface area (Å²) in [6.07, 6.45) is 1.18. The van der Waals surface area contributed by atoms with Crippen molar-refractivity contribution in [3.63, 3.8) is 0 Å². The van der Waals surface area contributed by atoms with Crippen molar-refractivity contribution in [1.29, 1.82) is 0 Å². The molecule has 3 rings (SSSR count). The molecule has 12 heteroatoms. The number of hydrazone groups is 1. The number of anilines is 2.